The second-order valence-electron chi connectivity index (χ2n) is 4.41. The fraction of sp³-hybridized carbons (Fsp3) is 0.125. The Labute approximate surface area is 117 Å². The SMILES string of the molecule is Cc1ccc(C=NC(=O)c2c(C)cccc2Cl)cc1. The van der Waals surface area contributed by atoms with Crippen LogP contribution in [0.2, 0.25) is 5.02 Å². The summed E-state index contributed by atoms with van der Waals surface area (Å²) in [5.41, 5.74) is 3.36. The average Bonchev–Trinajstić information content (AvgIpc) is 2.38. The molecule has 2 aromatic rings. The fourth-order valence-corrected chi connectivity index (χ4v) is 2.06. The summed E-state index contributed by atoms with van der Waals surface area (Å²) in [6, 6.07) is 13.2. The maximum atomic E-state index is 12.0. The van der Waals surface area contributed by atoms with E-state index in [1.807, 2.05) is 50.2 Å². The van der Waals surface area contributed by atoms with Gasteiger partial charge >= 0.3 is 0 Å². The Balaban J connectivity index is 2.24. The van der Waals surface area contributed by atoms with Crippen LogP contribution in [0.4, 0.5) is 0 Å². The predicted molar refractivity (Wildman–Crippen MR) is 79.3 cm³/mol. The van der Waals surface area contributed by atoms with Gasteiger partial charge in [-0.1, -0.05) is 53.6 Å². The topological polar surface area (TPSA) is 29.4 Å². The summed E-state index contributed by atoms with van der Waals surface area (Å²) in [6.07, 6.45) is 1.56. The van der Waals surface area contributed by atoms with Crippen LogP contribution in [-0.4, -0.2) is 12.1 Å². The lowest BCUT2D eigenvalue weighted by molar-refractivity contribution is 0.100. The molecule has 0 spiro atoms. The Morgan fingerprint density at radius 3 is 2.42 bits per heavy atom. The number of aliphatic imine (C=N–C) groups is 1. The summed E-state index contributed by atoms with van der Waals surface area (Å²) >= 11 is 6.03. The number of rotatable bonds is 2. The Hall–Kier alpha value is -1.93. The zero-order chi connectivity index (χ0) is 13.8. The van der Waals surface area contributed by atoms with Gasteiger partial charge in [-0.2, -0.15) is 0 Å². The van der Waals surface area contributed by atoms with E-state index < -0.39 is 0 Å². The fourth-order valence-electron chi connectivity index (χ4n) is 1.75. The minimum Gasteiger partial charge on any atom is -0.267 e. The molecule has 2 aromatic carbocycles. The Morgan fingerprint density at radius 1 is 1.11 bits per heavy atom. The van der Waals surface area contributed by atoms with Gasteiger partial charge in [0.2, 0.25) is 0 Å². The molecule has 0 saturated heterocycles. The summed E-state index contributed by atoms with van der Waals surface area (Å²) in [7, 11) is 0. The van der Waals surface area contributed by atoms with Crippen molar-refractivity contribution >= 4 is 23.7 Å². The normalized spacial score (nSPS) is 10.9. The number of carbonyl (C=O) groups excluding carboxylic acids is 1. The molecule has 0 radical (unpaired) electrons. The first kappa shape index (κ1) is 13.5. The first-order chi connectivity index (χ1) is 9.08. The van der Waals surface area contributed by atoms with Crippen LogP contribution in [0.25, 0.3) is 0 Å². The van der Waals surface area contributed by atoms with E-state index in [0.29, 0.717) is 10.6 Å². The van der Waals surface area contributed by atoms with Gasteiger partial charge in [0.05, 0.1) is 10.6 Å². The molecule has 0 atom stereocenters. The van der Waals surface area contributed by atoms with Crippen LogP contribution < -0.4 is 0 Å². The van der Waals surface area contributed by atoms with Crippen molar-refractivity contribution in [1.82, 2.24) is 0 Å². The molecule has 0 heterocycles. The molecule has 3 heteroatoms. The van der Waals surface area contributed by atoms with Crippen molar-refractivity contribution in [1.29, 1.82) is 0 Å². The molecule has 0 bridgehead atoms. The van der Waals surface area contributed by atoms with Gasteiger partial charge in [0.1, 0.15) is 0 Å². The number of halogens is 1. The molecule has 0 saturated carbocycles. The van der Waals surface area contributed by atoms with E-state index in [4.69, 9.17) is 11.6 Å². The molecule has 0 unspecified atom stereocenters. The maximum Gasteiger partial charge on any atom is 0.278 e. The smallest absolute Gasteiger partial charge is 0.267 e. The minimum atomic E-state index is -0.316. The van der Waals surface area contributed by atoms with Crippen molar-refractivity contribution in [3.05, 3.63) is 69.7 Å². The third-order valence-corrected chi connectivity index (χ3v) is 3.16. The van der Waals surface area contributed by atoms with Gasteiger partial charge in [-0.15, -0.1) is 0 Å². The van der Waals surface area contributed by atoms with Gasteiger partial charge in [0.15, 0.2) is 0 Å². The highest BCUT2D eigenvalue weighted by Gasteiger charge is 2.11. The molecule has 0 aliphatic carbocycles. The summed E-state index contributed by atoms with van der Waals surface area (Å²) in [6.45, 7) is 3.86. The van der Waals surface area contributed by atoms with Crippen molar-refractivity contribution < 1.29 is 4.79 Å². The largest absolute Gasteiger partial charge is 0.278 e. The quantitative estimate of drug-likeness (QED) is 0.752. The lowest BCUT2D eigenvalue weighted by atomic mass is 10.1. The van der Waals surface area contributed by atoms with E-state index in [-0.39, 0.29) is 5.91 Å². The molecule has 0 aromatic heterocycles. The second-order valence-corrected chi connectivity index (χ2v) is 4.81. The number of carbonyl (C=O) groups is 1. The van der Waals surface area contributed by atoms with Crippen LogP contribution in [0.5, 0.6) is 0 Å². The van der Waals surface area contributed by atoms with Crippen molar-refractivity contribution in [2.75, 3.05) is 0 Å². The monoisotopic (exact) mass is 271 g/mol. The predicted octanol–water partition coefficient (Wildman–Crippen LogP) is 4.22. The number of hydrogen-bond donors (Lipinski definition) is 0. The Morgan fingerprint density at radius 2 is 1.79 bits per heavy atom. The average molecular weight is 272 g/mol. The van der Waals surface area contributed by atoms with Crippen molar-refractivity contribution in [3.8, 4) is 0 Å². The molecule has 96 valence electrons. The molecule has 1 amide bonds. The minimum absolute atomic E-state index is 0.316. The summed E-state index contributed by atoms with van der Waals surface area (Å²) < 4.78 is 0. The highest BCUT2D eigenvalue weighted by Crippen LogP contribution is 2.20. The highest BCUT2D eigenvalue weighted by atomic mass is 35.5. The number of aryl methyl sites for hydroxylation is 2. The van der Waals surface area contributed by atoms with Crippen molar-refractivity contribution in [3.63, 3.8) is 0 Å². The van der Waals surface area contributed by atoms with Crippen LogP contribution in [0.1, 0.15) is 27.0 Å². The molecule has 0 aliphatic rings. The second kappa shape index (κ2) is 5.81. The lowest BCUT2D eigenvalue weighted by Crippen LogP contribution is -2.00. The molecule has 2 nitrogen and oxygen atoms in total. The van der Waals surface area contributed by atoms with Crippen LogP contribution in [0.3, 0.4) is 0 Å². The Bertz CT molecular complexity index is 609. The van der Waals surface area contributed by atoms with E-state index in [1.54, 1.807) is 12.3 Å². The first-order valence-electron chi connectivity index (χ1n) is 5.98. The van der Waals surface area contributed by atoms with Gasteiger partial charge in [-0.25, -0.2) is 4.99 Å². The molecule has 19 heavy (non-hydrogen) atoms. The number of amides is 1. The molecular weight excluding hydrogens is 258 g/mol. The number of benzene rings is 2. The van der Waals surface area contributed by atoms with Crippen LogP contribution in [-0.2, 0) is 0 Å². The maximum absolute atomic E-state index is 12.0. The van der Waals surface area contributed by atoms with E-state index in [2.05, 4.69) is 4.99 Å². The zero-order valence-corrected chi connectivity index (χ0v) is 11.6. The van der Waals surface area contributed by atoms with Gasteiger partial charge in [0, 0.05) is 6.21 Å². The zero-order valence-electron chi connectivity index (χ0n) is 10.9. The number of hydrogen-bond acceptors (Lipinski definition) is 1. The first-order valence-corrected chi connectivity index (χ1v) is 6.36. The molecule has 0 aliphatic heterocycles. The van der Waals surface area contributed by atoms with Gasteiger partial charge in [-0.05, 0) is 31.0 Å². The summed E-state index contributed by atoms with van der Waals surface area (Å²) in [5.74, 6) is -0.316. The summed E-state index contributed by atoms with van der Waals surface area (Å²) in [5, 5.41) is 0.436. The van der Waals surface area contributed by atoms with Crippen LogP contribution in [0, 0.1) is 13.8 Å². The van der Waals surface area contributed by atoms with Crippen molar-refractivity contribution in [2.24, 2.45) is 4.99 Å². The molecular formula is C16H14ClNO. The highest BCUT2D eigenvalue weighted by molar-refractivity contribution is 6.34. The van der Waals surface area contributed by atoms with Crippen LogP contribution in [0.15, 0.2) is 47.5 Å². The van der Waals surface area contributed by atoms with E-state index >= 15 is 0 Å². The molecule has 0 fully saturated rings. The van der Waals surface area contributed by atoms with E-state index in [9.17, 15) is 4.79 Å². The number of nitrogens with zero attached hydrogens (tertiary/aromatic N) is 1. The van der Waals surface area contributed by atoms with Gasteiger partial charge in [0.25, 0.3) is 5.91 Å². The van der Waals surface area contributed by atoms with Gasteiger partial charge in [-0.3, -0.25) is 4.79 Å². The third kappa shape index (κ3) is 3.30. The van der Waals surface area contributed by atoms with E-state index in [0.717, 1.165) is 11.1 Å². The lowest BCUT2D eigenvalue weighted by Gasteiger charge is -2.03. The van der Waals surface area contributed by atoms with Gasteiger partial charge < -0.3 is 0 Å². The van der Waals surface area contributed by atoms with E-state index in [1.165, 1.54) is 5.56 Å². The standard InChI is InChI=1S/C16H14ClNO/c1-11-6-8-13(9-7-11)10-18-16(19)15-12(2)4-3-5-14(15)17/h3-10H,1-2H3. The third-order valence-electron chi connectivity index (χ3n) is 2.84. The Kier molecular flexibility index (Phi) is 4.13. The molecule has 0 N–H and O–H groups in total. The van der Waals surface area contributed by atoms with Crippen molar-refractivity contribution in [2.45, 2.75) is 13.8 Å². The molecule has 2 rings (SSSR count). The van der Waals surface area contributed by atoms with Crippen LogP contribution >= 0.6 is 11.6 Å². The summed E-state index contributed by atoms with van der Waals surface area (Å²) in [4.78, 5) is 16.0.